The first-order valence-corrected chi connectivity index (χ1v) is 6.92. The summed E-state index contributed by atoms with van der Waals surface area (Å²) in [5.74, 6) is -0.909. The predicted molar refractivity (Wildman–Crippen MR) is 77.0 cm³/mol. The molecule has 0 unspecified atom stereocenters. The maximum atomic E-state index is 13.6. The quantitative estimate of drug-likeness (QED) is 0.483. The molecule has 0 saturated carbocycles. The molecule has 1 heterocycles. The SMILES string of the molecule is CCOC(=O)c1c(Cl)nc2cc(F)c(C)cc2c1CCl. The van der Waals surface area contributed by atoms with Crippen LogP contribution in [0.1, 0.15) is 28.4 Å². The largest absolute Gasteiger partial charge is 0.462 e. The summed E-state index contributed by atoms with van der Waals surface area (Å²) in [7, 11) is 0. The Morgan fingerprint density at radius 2 is 2.15 bits per heavy atom. The Morgan fingerprint density at radius 3 is 2.75 bits per heavy atom. The third-order valence-corrected chi connectivity index (χ3v) is 3.48. The Balaban J connectivity index is 2.79. The average molecular weight is 316 g/mol. The molecule has 0 fully saturated rings. The molecule has 20 heavy (non-hydrogen) atoms. The minimum Gasteiger partial charge on any atom is -0.462 e. The van der Waals surface area contributed by atoms with Crippen LogP contribution in [0.15, 0.2) is 12.1 Å². The fourth-order valence-electron chi connectivity index (χ4n) is 1.98. The lowest BCUT2D eigenvalue weighted by Crippen LogP contribution is -2.10. The number of fused-ring (bicyclic) bond motifs is 1. The summed E-state index contributed by atoms with van der Waals surface area (Å²) in [5.41, 5.74) is 1.45. The first-order chi connectivity index (χ1) is 9.49. The van der Waals surface area contributed by atoms with Gasteiger partial charge < -0.3 is 4.74 Å². The molecule has 0 aliphatic rings. The van der Waals surface area contributed by atoms with Crippen molar-refractivity contribution in [1.29, 1.82) is 0 Å². The van der Waals surface area contributed by atoms with Crippen LogP contribution in [0.2, 0.25) is 5.15 Å². The summed E-state index contributed by atoms with van der Waals surface area (Å²) in [6.45, 7) is 3.54. The third kappa shape index (κ3) is 2.58. The molecule has 0 spiro atoms. The molecule has 0 bridgehead atoms. The zero-order valence-electron chi connectivity index (χ0n) is 11.0. The minimum atomic E-state index is -0.579. The zero-order valence-corrected chi connectivity index (χ0v) is 12.5. The van der Waals surface area contributed by atoms with E-state index < -0.39 is 5.97 Å². The highest BCUT2D eigenvalue weighted by Gasteiger charge is 2.21. The molecule has 0 N–H and O–H groups in total. The maximum absolute atomic E-state index is 13.6. The van der Waals surface area contributed by atoms with E-state index >= 15 is 0 Å². The number of alkyl halides is 1. The molecule has 0 amide bonds. The lowest BCUT2D eigenvalue weighted by molar-refractivity contribution is 0.0525. The smallest absolute Gasteiger partial charge is 0.341 e. The lowest BCUT2D eigenvalue weighted by atomic mass is 10.0. The molecule has 0 aliphatic carbocycles. The van der Waals surface area contributed by atoms with E-state index in [2.05, 4.69) is 4.98 Å². The molecule has 3 nitrogen and oxygen atoms in total. The van der Waals surface area contributed by atoms with Gasteiger partial charge in [-0.15, -0.1) is 11.6 Å². The molecule has 2 rings (SSSR count). The number of pyridine rings is 1. The molecule has 1 aromatic carbocycles. The van der Waals surface area contributed by atoms with Gasteiger partial charge in [0.05, 0.1) is 12.1 Å². The van der Waals surface area contributed by atoms with Crippen molar-refractivity contribution in [3.05, 3.63) is 39.8 Å². The van der Waals surface area contributed by atoms with Gasteiger partial charge in [0, 0.05) is 17.3 Å². The number of aromatic nitrogens is 1. The van der Waals surface area contributed by atoms with Gasteiger partial charge in [-0.2, -0.15) is 0 Å². The topological polar surface area (TPSA) is 39.2 Å². The van der Waals surface area contributed by atoms with Crippen LogP contribution in [0.3, 0.4) is 0 Å². The number of halogens is 3. The van der Waals surface area contributed by atoms with E-state index in [9.17, 15) is 9.18 Å². The molecule has 0 radical (unpaired) electrons. The van der Waals surface area contributed by atoms with Gasteiger partial charge in [0.1, 0.15) is 16.5 Å². The summed E-state index contributed by atoms with van der Waals surface area (Å²) in [4.78, 5) is 16.0. The number of carbonyl (C=O) groups excluding carboxylic acids is 1. The van der Waals surface area contributed by atoms with Gasteiger partial charge in [-0.05, 0) is 31.0 Å². The summed E-state index contributed by atoms with van der Waals surface area (Å²) in [6, 6.07) is 2.88. The van der Waals surface area contributed by atoms with Crippen molar-refractivity contribution in [3.8, 4) is 0 Å². The average Bonchev–Trinajstić information content (AvgIpc) is 2.39. The number of esters is 1. The van der Waals surface area contributed by atoms with Crippen LogP contribution in [0.25, 0.3) is 10.9 Å². The number of hydrogen-bond donors (Lipinski definition) is 0. The second-order valence-corrected chi connectivity index (χ2v) is 4.85. The molecule has 0 saturated heterocycles. The summed E-state index contributed by atoms with van der Waals surface area (Å²) < 4.78 is 18.5. The van der Waals surface area contributed by atoms with Gasteiger partial charge in [0.2, 0.25) is 0 Å². The van der Waals surface area contributed by atoms with E-state index in [4.69, 9.17) is 27.9 Å². The molecule has 0 aliphatic heterocycles. The van der Waals surface area contributed by atoms with Crippen molar-refractivity contribution in [2.45, 2.75) is 19.7 Å². The minimum absolute atomic E-state index is 0.0325. The summed E-state index contributed by atoms with van der Waals surface area (Å²) in [6.07, 6.45) is 0. The molecule has 6 heteroatoms. The highest BCUT2D eigenvalue weighted by Crippen LogP contribution is 2.30. The van der Waals surface area contributed by atoms with Crippen LogP contribution in [0, 0.1) is 12.7 Å². The Morgan fingerprint density at radius 1 is 1.45 bits per heavy atom. The van der Waals surface area contributed by atoms with Gasteiger partial charge in [0.25, 0.3) is 0 Å². The van der Waals surface area contributed by atoms with Crippen LogP contribution < -0.4 is 0 Å². The predicted octanol–water partition coefficient (Wildman–Crippen LogP) is 4.25. The fraction of sp³-hybridized carbons (Fsp3) is 0.286. The molecule has 106 valence electrons. The van der Waals surface area contributed by atoms with Gasteiger partial charge >= 0.3 is 5.97 Å². The van der Waals surface area contributed by atoms with E-state index in [0.29, 0.717) is 22.0 Å². The third-order valence-electron chi connectivity index (χ3n) is 2.94. The number of nitrogens with zero attached hydrogens (tertiary/aromatic N) is 1. The van der Waals surface area contributed by atoms with E-state index in [1.54, 1.807) is 19.9 Å². The van der Waals surface area contributed by atoms with Crippen LogP contribution in [-0.4, -0.2) is 17.6 Å². The second kappa shape index (κ2) is 5.94. The van der Waals surface area contributed by atoms with Crippen LogP contribution in [0.5, 0.6) is 0 Å². The zero-order chi connectivity index (χ0) is 14.9. The van der Waals surface area contributed by atoms with E-state index in [1.165, 1.54) is 6.07 Å². The van der Waals surface area contributed by atoms with Crippen molar-refractivity contribution in [2.75, 3.05) is 6.61 Å². The molecular weight excluding hydrogens is 304 g/mol. The highest BCUT2D eigenvalue weighted by molar-refractivity contribution is 6.33. The van der Waals surface area contributed by atoms with Crippen LogP contribution in [0.4, 0.5) is 4.39 Å². The number of rotatable bonds is 3. The van der Waals surface area contributed by atoms with Gasteiger partial charge in [-0.25, -0.2) is 14.2 Å². The van der Waals surface area contributed by atoms with Crippen molar-refractivity contribution in [1.82, 2.24) is 4.98 Å². The molecule has 0 atom stereocenters. The van der Waals surface area contributed by atoms with Gasteiger partial charge in [-0.3, -0.25) is 0 Å². The van der Waals surface area contributed by atoms with Gasteiger partial charge in [-0.1, -0.05) is 11.6 Å². The Kier molecular flexibility index (Phi) is 4.45. The second-order valence-electron chi connectivity index (χ2n) is 4.23. The van der Waals surface area contributed by atoms with Crippen LogP contribution >= 0.6 is 23.2 Å². The van der Waals surface area contributed by atoms with Gasteiger partial charge in [0.15, 0.2) is 0 Å². The molecule has 2 aromatic rings. The first-order valence-electron chi connectivity index (χ1n) is 6.00. The fourth-order valence-corrected chi connectivity index (χ4v) is 2.54. The number of hydrogen-bond acceptors (Lipinski definition) is 3. The van der Waals surface area contributed by atoms with E-state index in [-0.39, 0.29) is 29.0 Å². The Labute approximate surface area is 125 Å². The Bertz CT molecular complexity index is 689. The number of benzene rings is 1. The standard InChI is InChI=1S/C14H12Cl2FNO2/c1-3-20-14(19)12-9(6-15)8-4-7(2)10(17)5-11(8)18-13(12)16/h4-5H,3,6H2,1-2H3. The number of aryl methyl sites for hydroxylation is 1. The molecule has 1 aromatic heterocycles. The monoisotopic (exact) mass is 315 g/mol. The van der Waals surface area contributed by atoms with Crippen molar-refractivity contribution < 1.29 is 13.9 Å². The van der Waals surface area contributed by atoms with Crippen LogP contribution in [-0.2, 0) is 10.6 Å². The molecular formula is C14H12Cl2FNO2. The lowest BCUT2D eigenvalue weighted by Gasteiger charge is -2.12. The van der Waals surface area contributed by atoms with Crippen molar-refractivity contribution >= 4 is 40.1 Å². The number of ether oxygens (including phenoxy) is 1. The Hall–Kier alpha value is -1.39. The van der Waals surface area contributed by atoms with E-state index in [0.717, 1.165) is 0 Å². The summed E-state index contributed by atoms with van der Waals surface area (Å²) in [5, 5.41) is 0.571. The number of carbonyl (C=O) groups is 1. The van der Waals surface area contributed by atoms with E-state index in [1.807, 2.05) is 0 Å². The first kappa shape index (κ1) is 15.0. The van der Waals surface area contributed by atoms with Crippen molar-refractivity contribution in [2.24, 2.45) is 0 Å². The van der Waals surface area contributed by atoms with Crippen molar-refractivity contribution in [3.63, 3.8) is 0 Å². The normalized spacial score (nSPS) is 10.8. The maximum Gasteiger partial charge on any atom is 0.341 e. The summed E-state index contributed by atoms with van der Waals surface area (Å²) >= 11 is 11.9. The highest BCUT2D eigenvalue weighted by atomic mass is 35.5.